The monoisotopic (exact) mass is 335 g/mol. The SMILES string of the molecule is Brc1cccc(Cc2nc(CC3CCCNC3)no2)c1. The average Bonchev–Trinajstić information content (AvgIpc) is 2.87. The minimum absolute atomic E-state index is 0.639. The maximum Gasteiger partial charge on any atom is 0.231 e. The van der Waals surface area contributed by atoms with Crippen molar-refractivity contribution in [1.29, 1.82) is 0 Å². The molecule has 1 aliphatic rings. The molecule has 2 heterocycles. The summed E-state index contributed by atoms with van der Waals surface area (Å²) in [6.45, 7) is 2.20. The van der Waals surface area contributed by atoms with E-state index in [-0.39, 0.29) is 0 Å². The van der Waals surface area contributed by atoms with E-state index in [9.17, 15) is 0 Å². The minimum Gasteiger partial charge on any atom is -0.339 e. The molecule has 1 saturated heterocycles. The third kappa shape index (κ3) is 3.67. The Labute approximate surface area is 127 Å². The molecule has 106 valence electrons. The van der Waals surface area contributed by atoms with E-state index in [0.717, 1.165) is 29.8 Å². The average molecular weight is 336 g/mol. The molecule has 1 unspecified atom stereocenters. The third-order valence-electron chi connectivity index (χ3n) is 3.62. The molecule has 1 aromatic carbocycles. The Hall–Kier alpha value is -1.20. The van der Waals surface area contributed by atoms with Gasteiger partial charge in [0.25, 0.3) is 0 Å². The fourth-order valence-electron chi connectivity index (χ4n) is 2.62. The Morgan fingerprint density at radius 1 is 1.40 bits per heavy atom. The Morgan fingerprint density at radius 2 is 2.35 bits per heavy atom. The molecule has 3 rings (SSSR count). The van der Waals surface area contributed by atoms with E-state index in [0.29, 0.717) is 18.2 Å². The number of halogens is 1. The summed E-state index contributed by atoms with van der Waals surface area (Å²) in [5.74, 6) is 2.17. The highest BCUT2D eigenvalue weighted by atomic mass is 79.9. The normalized spacial score (nSPS) is 19.1. The van der Waals surface area contributed by atoms with Gasteiger partial charge in [-0.05, 0) is 49.5 Å². The first-order valence-corrected chi connectivity index (χ1v) is 7.85. The van der Waals surface area contributed by atoms with Gasteiger partial charge in [0, 0.05) is 10.9 Å². The molecule has 1 fully saturated rings. The Morgan fingerprint density at radius 3 is 3.15 bits per heavy atom. The van der Waals surface area contributed by atoms with Crippen LogP contribution in [0.15, 0.2) is 33.3 Å². The van der Waals surface area contributed by atoms with Crippen molar-refractivity contribution >= 4 is 15.9 Å². The molecular formula is C15H18BrN3O. The molecule has 0 radical (unpaired) electrons. The van der Waals surface area contributed by atoms with E-state index in [2.05, 4.69) is 43.5 Å². The zero-order valence-electron chi connectivity index (χ0n) is 11.3. The van der Waals surface area contributed by atoms with Crippen LogP contribution < -0.4 is 5.32 Å². The summed E-state index contributed by atoms with van der Waals surface area (Å²) in [7, 11) is 0. The summed E-state index contributed by atoms with van der Waals surface area (Å²) in [6, 6.07) is 8.18. The zero-order chi connectivity index (χ0) is 13.8. The van der Waals surface area contributed by atoms with Crippen LogP contribution in [-0.2, 0) is 12.8 Å². The molecule has 1 aromatic heterocycles. The summed E-state index contributed by atoms with van der Waals surface area (Å²) < 4.78 is 6.43. The second kappa shape index (κ2) is 6.50. The standard InChI is InChI=1S/C15H18BrN3O/c16-13-5-1-3-11(7-13)9-15-18-14(19-20-15)8-12-4-2-6-17-10-12/h1,3,5,7,12,17H,2,4,6,8-10H2. The van der Waals surface area contributed by atoms with Crippen LogP contribution in [-0.4, -0.2) is 23.2 Å². The van der Waals surface area contributed by atoms with E-state index >= 15 is 0 Å². The first kappa shape index (κ1) is 13.8. The summed E-state index contributed by atoms with van der Waals surface area (Å²) in [5, 5.41) is 7.52. The van der Waals surface area contributed by atoms with Crippen LogP contribution in [0.1, 0.15) is 30.1 Å². The van der Waals surface area contributed by atoms with Crippen molar-refractivity contribution in [2.75, 3.05) is 13.1 Å². The lowest BCUT2D eigenvalue weighted by atomic mass is 9.96. The van der Waals surface area contributed by atoms with E-state index in [1.165, 1.54) is 18.4 Å². The Kier molecular flexibility index (Phi) is 4.47. The van der Waals surface area contributed by atoms with E-state index in [1.54, 1.807) is 0 Å². The van der Waals surface area contributed by atoms with Crippen molar-refractivity contribution in [3.05, 3.63) is 46.0 Å². The van der Waals surface area contributed by atoms with Crippen molar-refractivity contribution in [2.24, 2.45) is 5.92 Å². The van der Waals surface area contributed by atoms with Gasteiger partial charge in [-0.25, -0.2) is 0 Å². The summed E-state index contributed by atoms with van der Waals surface area (Å²) in [4.78, 5) is 4.51. The number of rotatable bonds is 4. The molecule has 1 atom stereocenters. The second-order valence-electron chi connectivity index (χ2n) is 5.33. The van der Waals surface area contributed by atoms with Crippen molar-refractivity contribution in [1.82, 2.24) is 15.5 Å². The van der Waals surface area contributed by atoms with Gasteiger partial charge in [-0.15, -0.1) is 0 Å². The van der Waals surface area contributed by atoms with Crippen LogP contribution in [0.2, 0.25) is 0 Å². The van der Waals surface area contributed by atoms with Crippen LogP contribution in [0, 0.1) is 5.92 Å². The molecule has 0 bridgehead atoms. The van der Waals surface area contributed by atoms with Gasteiger partial charge < -0.3 is 9.84 Å². The number of hydrogen-bond donors (Lipinski definition) is 1. The molecule has 0 amide bonds. The van der Waals surface area contributed by atoms with E-state index in [4.69, 9.17) is 4.52 Å². The fourth-order valence-corrected chi connectivity index (χ4v) is 3.07. The van der Waals surface area contributed by atoms with Gasteiger partial charge in [-0.2, -0.15) is 4.98 Å². The predicted molar refractivity (Wildman–Crippen MR) is 80.5 cm³/mol. The zero-order valence-corrected chi connectivity index (χ0v) is 12.9. The molecule has 0 aliphatic carbocycles. The first-order valence-electron chi connectivity index (χ1n) is 7.06. The topological polar surface area (TPSA) is 51.0 Å². The van der Waals surface area contributed by atoms with Gasteiger partial charge in [0.15, 0.2) is 5.82 Å². The Bertz CT molecular complexity index is 564. The summed E-state index contributed by atoms with van der Waals surface area (Å²) in [6.07, 6.45) is 4.10. The van der Waals surface area contributed by atoms with Crippen LogP contribution in [0.3, 0.4) is 0 Å². The van der Waals surface area contributed by atoms with Gasteiger partial charge in [0.05, 0.1) is 6.42 Å². The number of piperidine rings is 1. The van der Waals surface area contributed by atoms with Crippen LogP contribution in [0.4, 0.5) is 0 Å². The third-order valence-corrected chi connectivity index (χ3v) is 4.12. The van der Waals surface area contributed by atoms with Crippen molar-refractivity contribution in [3.8, 4) is 0 Å². The minimum atomic E-state index is 0.639. The number of nitrogens with zero attached hydrogens (tertiary/aromatic N) is 2. The molecule has 0 saturated carbocycles. The van der Waals surface area contributed by atoms with Gasteiger partial charge in [0.1, 0.15) is 0 Å². The highest BCUT2D eigenvalue weighted by Gasteiger charge is 2.17. The van der Waals surface area contributed by atoms with Crippen molar-refractivity contribution < 1.29 is 4.52 Å². The molecule has 20 heavy (non-hydrogen) atoms. The van der Waals surface area contributed by atoms with Gasteiger partial charge in [-0.1, -0.05) is 33.2 Å². The van der Waals surface area contributed by atoms with Crippen LogP contribution in [0.25, 0.3) is 0 Å². The van der Waals surface area contributed by atoms with Gasteiger partial charge in [-0.3, -0.25) is 0 Å². The highest BCUT2D eigenvalue weighted by Crippen LogP contribution is 2.17. The largest absolute Gasteiger partial charge is 0.339 e. The summed E-state index contributed by atoms with van der Waals surface area (Å²) >= 11 is 3.47. The van der Waals surface area contributed by atoms with Gasteiger partial charge in [0.2, 0.25) is 5.89 Å². The fraction of sp³-hybridized carbons (Fsp3) is 0.467. The number of hydrogen-bond acceptors (Lipinski definition) is 4. The molecule has 1 N–H and O–H groups in total. The van der Waals surface area contributed by atoms with E-state index in [1.807, 2.05) is 12.1 Å². The van der Waals surface area contributed by atoms with E-state index < -0.39 is 0 Å². The lowest BCUT2D eigenvalue weighted by Crippen LogP contribution is -2.31. The molecule has 2 aromatic rings. The summed E-state index contributed by atoms with van der Waals surface area (Å²) in [5.41, 5.74) is 1.17. The Balaban J connectivity index is 1.61. The highest BCUT2D eigenvalue weighted by molar-refractivity contribution is 9.10. The lowest BCUT2D eigenvalue weighted by molar-refractivity contribution is 0.351. The number of benzene rings is 1. The number of aromatic nitrogens is 2. The maximum absolute atomic E-state index is 5.35. The first-order chi connectivity index (χ1) is 9.79. The molecule has 5 heteroatoms. The van der Waals surface area contributed by atoms with Crippen LogP contribution in [0.5, 0.6) is 0 Å². The van der Waals surface area contributed by atoms with Crippen LogP contribution >= 0.6 is 15.9 Å². The van der Waals surface area contributed by atoms with Gasteiger partial charge >= 0.3 is 0 Å². The predicted octanol–water partition coefficient (Wildman–Crippen LogP) is 2.97. The molecule has 1 aliphatic heterocycles. The quantitative estimate of drug-likeness (QED) is 0.933. The van der Waals surface area contributed by atoms with Crippen molar-refractivity contribution in [3.63, 3.8) is 0 Å². The molecular weight excluding hydrogens is 318 g/mol. The smallest absolute Gasteiger partial charge is 0.231 e. The molecule has 4 nitrogen and oxygen atoms in total. The molecule has 0 spiro atoms. The lowest BCUT2D eigenvalue weighted by Gasteiger charge is -2.20. The van der Waals surface area contributed by atoms with Crippen molar-refractivity contribution in [2.45, 2.75) is 25.7 Å². The second-order valence-corrected chi connectivity index (χ2v) is 6.24. The maximum atomic E-state index is 5.35. The number of nitrogens with one attached hydrogen (secondary N) is 1.